The Morgan fingerprint density at radius 1 is 0.833 bits per heavy atom. The molecule has 0 fully saturated rings. The molecule has 0 saturated carbocycles. The zero-order valence-corrected chi connectivity index (χ0v) is 13.8. The summed E-state index contributed by atoms with van der Waals surface area (Å²) in [6.07, 6.45) is 4.14. The molecule has 2 aromatic carbocycles. The molecule has 0 nitrogen and oxygen atoms in total. The maximum absolute atomic E-state index is 14.3. The van der Waals surface area contributed by atoms with Gasteiger partial charge in [0.05, 0.1) is 5.56 Å². The minimum atomic E-state index is -1.40. The minimum absolute atomic E-state index is 0.00660. The van der Waals surface area contributed by atoms with E-state index in [4.69, 9.17) is 0 Å². The Hall–Kier alpha value is -2.10. The molecule has 4 heteroatoms. The standard InChI is InChI=1S/C20H20F4/c1-3-4-5-6-14-8-10-15(11-9-14)18(22)20(24)16-12-7-13(2)17(21)19(16)23/h7-12H,3-6H2,1-2H3/b20-18+. The first-order valence-corrected chi connectivity index (χ1v) is 8.05. The normalized spacial score (nSPS) is 12.2. The number of halogens is 4. The van der Waals surface area contributed by atoms with Gasteiger partial charge in [0.15, 0.2) is 23.3 Å². The summed E-state index contributed by atoms with van der Waals surface area (Å²) in [4.78, 5) is 0. The first-order valence-electron chi connectivity index (χ1n) is 8.05. The topological polar surface area (TPSA) is 0 Å². The van der Waals surface area contributed by atoms with E-state index in [0.29, 0.717) is 0 Å². The molecular weight excluding hydrogens is 316 g/mol. The van der Waals surface area contributed by atoms with E-state index >= 15 is 0 Å². The van der Waals surface area contributed by atoms with E-state index in [0.717, 1.165) is 37.3 Å². The van der Waals surface area contributed by atoms with Crippen LogP contribution in [-0.4, -0.2) is 0 Å². The van der Waals surface area contributed by atoms with E-state index in [1.807, 2.05) is 0 Å². The zero-order valence-electron chi connectivity index (χ0n) is 13.8. The second kappa shape index (κ2) is 8.13. The van der Waals surface area contributed by atoms with Crippen LogP contribution in [0.2, 0.25) is 0 Å². The summed E-state index contributed by atoms with van der Waals surface area (Å²) in [7, 11) is 0. The highest BCUT2D eigenvalue weighted by Crippen LogP contribution is 2.31. The first-order chi connectivity index (χ1) is 11.5. The smallest absolute Gasteiger partial charge is 0.169 e. The molecule has 24 heavy (non-hydrogen) atoms. The van der Waals surface area contributed by atoms with E-state index in [1.165, 1.54) is 25.1 Å². The molecule has 0 aliphatic rings. The molecule has 0 unspecified atom stereocenters. The Balaban J connectivity index is 2.27. The molecule has 0 heterocycles. The average molecular weight is 336 g/mol. The van der Waals surface area contributed by atoms with Crippen LogP contribution < -0.4 is 0 Å². The SMILES string of the molecule is CCCCCc1ccc(/C(F)=C(\F)c2ccc(C)c(F)c2F)cc1. The predicted octanol–water partition coefficient (Wildman–Crippen LogP) is 6.77. The highest BCUT2D eigenvalue weighted by atomic mass is 19.2. The van der Waals surface area contributed by atoms with Gasteiger partial charge in [-0.25, -0.2) is 17.6 Å². The predicted molar refractivity (Wildman–Crippen MR) is 89.8 cm³/mol. The maximum atomic E-state index is 14.3. The fourth-order valence-corrected chi connectivity index (χ4v) is 2.46. The van der Waals surface area contributed by atoms with Crippen molar-refractivity contribution in [2.45, 2.75) is 39.5 Å². The van der Waals surface area contributed by atoms with Gasteiger partial charge in [0, 0.05) is 5.56 Å². The molecule has 0 bridgehead atoms. The van der Waals surface area contributed by atoms with Crippen LogP contribution in [-0.2, 0) is 6.42 Å². The Labute approximate surface area is 139 Å². The molecule has 0 spiro atoms. The molecule has 0 atom stereocenters. The van der Waals surface area contributed by atoms with Crippen molar-refractivity contribution in [2.75, 3.05) is 0 Å². The summed E-state index contributed by atoms with van der Waals surface area (Å²) in [5.41, 5.74) is 0.378. The van der Waals surface area contributed by atoms with Gasteiger partial charge in [0.2, 0.25) is 0 Å². The minimum Gasteiger partial charge on any atom is -0.203 e. The number of benzene rings is 2. The van der Waals surface area contributed by atoms with Crippen LogP contribution in [0, 0.1) is 18.6 Å². The second-order valence-corrected chi connectivity index (χ2v) is 5.84. The molecule has 128 valence electrons. The Kier molecular flexibility index (Phi) is 6.18. The molecule has 2 aromatic rings. The highest BCUT2D eigenvalue weighted by molar-refractivity contribution is 5.83. The number of hydrogen-bond donors (Lipinski definition) is 0. The van der Waals surface area contributed by atoms with Crippen molar-refractivity contribution in [1.29, 1.82) is 0 Å². The monoisotopic (exact) mass is 336 g/mol. The number of rotatable bonds is 6. The Morgan fingerprint density at radius 2 is 1.50 bits per heavy atom. The zero-order chi connectivity index (χ0) is 17.7. The highest BCUT2D eigenvalue weighted by Gasteiger charge is 2.19. The lowest BCUT2D eigenvalue weighted by molar-refractivity contribution is 0.497. The van der Waals surface area contributed by atoms with Gasteiger partial charge in [-0.15, -0.1) is 0 Å². The van der Waals surface area contributed by atoms with Crippen LogP contribution in [0.5, 0.6) is 0 Å². The summed E-state index contributed by atoms with van der Waals surface area (Å²) in [5, 5.41) is 0. The lowest BCUT2D eigenvalue weighted by atomic mass is 10.0. The quantitative estimate of drug-likeness (QED) is 0.310. The molecule has 0 saturated heterocycles. The maximum Gasteiger partial charge on any atom is 0.169 e. The van der Waals surface area contributed by atoms with E-state index < -0.39 is 28.9 Å². The van der Waals surface area contributed by atoms with Crippen LogP contribution in [0.4, 0.5) is 17.6 Å². The van der Waals surface area contributed by atoms with Gasteiger partial charge < -0.3 is 0 Å². The van der Waals surface area contributed by atoms with Crippen molar-refractivity contribution >= 4 is 11.7 Å². The fourth-order valence-electron chi connectivity index (χ4n) is 2.46. The van der Waals surface area contributed by atoms with E-state index in [1.54, 1.807) is 12.1 Å². The van der Waals surface area contributed by atoms with Crippen molar-refractivity contribution in [2.24, 2.45) is 0 Å². The summed E-state index contributed by atoms with van der Waals surface area (Å²) in [6.45, 7) is 3.47. The van der Waals surface area contributed by atoms with Crippen LogP contribution in [0.1, 0.15) is 48.4 Å². The van der Waals surface area contributed by atoms with Crippen molar-refractivity contribution in [3.8, 4) is 0 Å². The van der Waals surface area contributed by atoms with Crippen molar-refractivity contribution in [3.05, 3.63) is 70.3 Å². The molecule has 0 aliphatic heterocycles. The average Bonchev–Trinajstić information content (AvgIpc) is 2.59. The van der Waals surface area contributed by atoms with Gasteiger partial charge in [0.1, 0.15) is 0 Å². The molecule has 0 N–H and O–H groups in total. The Morgan fingerprint density at radius 3 is 2.12 bits per heavy atom. The molecular formula is C20H20F4. The van der Waals surface area contributed by atoms with Gasteiger partial charge in [-0.05, 0) is 37.0 Å². The van der Waals surface area contributed by atoms with Crippen LogP contribution in [0.3, 0.4) is 0 Å². The van der Waals surface area contributed by atoms with Gasteiger partial charge in [-0.2, -0.15) is 0 Å². The summed E-state index contributed by atoms with van der Waals surface area (Å²) in [6, 6.07) is 8.63. The van der Waals surface area contributed by atoms with E-state index in [2.05, 4.69) is 6.92 Å². The lowest BCUT2D eigenvalue weighted by Crippen LogP contribution is -1.96. The molecule has 0 amide bonds. The van der Waals surface area contributed by atoms with Gasteiger partial charge in [-0.1, -0.05) is 50.1 Å². The van der Waals surface area contributed by atoms with E-state index in [-0.39, 0.29) is 11.1 Å². The van der Waals surface area contributed by atoms with Crippen molar-refractivity contribution in [3.63, 3.8) is 0 Å². The molecule has 0 aromatic heterocycles. The third-order valence-corrected chi connectivity index (χ3v) is 3.98. The largest absolute Gasteiger partial charge is 0.203 e. The Bertz CT molecular complexity index is 730. The number of hydrogen-bond acceptors (Lipinski definition) is 0. The first kappa shape index (κ1) is 18.2. The van der Waals surface area contributed by atoms with Crippen LogP contribution in [0.15, 0.2) is 36.4 Å². The van der Waals surface area contributed by atoms with Gasteiger partial charge >= 0.3 is 0 Å². The second-order valence-electron chi connectivity index (χ2n) is 5.84. The van der Waals surface area contributed by atoms with Crippen LogP contribution >= 0.6 is 0 Å². The van der Waals surface area contributed by atoms with Gasteiger partial charge in [-0.3, -0.25) is 0 Å². The number of aryl methyl sites for hydroxylation is 2. The summed E-state index contributed by atoms with van der Waals surface area (Å²) in [5.74, 6) is -5.14. The van der Waals surface area contributed by atoms with Crippen molar-refractivity contribution < 1.29 is 17.6 Å². The summed E-state index contributed by atoms with van der Waals surface area (Å²) < 4.78 is 55.9. The fraction of sp³-hybridized carbons (Fsp3) is 0.300. The van der Waals surface area contributed by atoms with Gasteiger partial charge in [0.25, 0.3) is 0 Å². The van der Waals surface area contributed by atoms with Crippen LogP contribution in [0.25, 0.3) is 11.7 Å². The van der Waals surface area contributed by atoms with Crippen molar-refractivity contribution in [1.82, 2.24) is 0 Å². The third kappa shape index (κ3) is 4.05. The summed E-state index contributed by atoms with van der Waals surface area (Å²) >= 11 is 0. The molecule has 2 rings (SSSR count). The van der Waals surface area contributed by atoms with E-state index in [9.17, 15) is 17.6 Å². The molecule has 0 aliphatic carbocycles. The molecule has 0 radical (unpaired) electrons. The lowest BCUT2D eigenvalue weighted by Gasteiger charge is -2.07. The third-order valence-electron chi connectivity index (χ3n) is 3.98. The number of unbranched alkanes of at least 4 members (excludes halogenated alkanes) is 2.